The summed E-state index contributed by atoms with van der Waals surface area (Å²) in [7, 11) is 0. The molecule has 0 aliphatic heterocycles. The van der Waals surface area contributed by atoms with Crippen LogP contribution >= 0.6 is 0 Å². The molecule has 0 radical (unpaired) electrons. The Bertz CT molecular complexity index is 578. The Morgan fingerprint density at radius 2 is 2.12 bits per heavy atom. The Morgan fingerprint density at radius 1 is 1.35 bits per heavy atom. The van der Waals surface area contributed by atoms with E-state index in [1.54, 1.807) is 18.2 Å². The summed E-state index contributed by atoms with van der Waals surface area (Å²) >= 11 is 0. The quantitative estimate of drug-likeness (QED) is 0.883. The molecule has 0 fully saturated rings. The van der Waals surface area contributed by atoms with Gasteiger partial charge in [0.25, 0.3) is 5.56 Å². The van der Waals surface area contributed by atoms with Crippen molar-refractivity contribution in [2.45, 2.75) is 19.8 Å². The average Bonchev–Trinajstić information content (AvgIpc) is 2.29. The van der Waals surface area contributed by atoms with Crippen LogP contribution in [-0.2, 0) is 6.42 Å². The van der Waals surface area contributed by atoms with Crippen molar-refractivity contribution in [3.8, 4) is 11.3 Å². The second kappa shape index (κ2) is 4.91. The van der Waals surface area contributed by atoms with E-state index in [1.807, 2.05) is 6.92 Å². The molecule has 0 aliphatic rings. The summed E-state index contributed by atoms with van der Waals surface area (Å²) in [6.45, 7) is 2.00. The first-order valence-corrected chi connectivity index (χ1v) is 5.56. The second-order valence-corrected chi connectivity index (χ2v) is 3.81. The van der Waals surface area contributed by atoms with Gasteiger partial charge in [-0.15, -0.1) is 0 Å². The average molecular weight is 232 g/mol. The minimum Gasteiger partial charge on any atom is -0.311 e. The number of aromatic nitrogens is 2. The molecule has 1 N–H and O–H groups in total. The molecule has 2 aromatic rings. The van der Waals surface area contributed by atoms with Gasteiger partial charge in [-0.3, -0.25) is 4.79 Å². The van der Waals surface area contributed by atoms with Crippen LogP contribution in [0.3, 0.4) is 0 Å². The Kier molecular flexibility index (Phi) is 3.32. The van der Waals surface area contributed by atoms with Gasteiger partial charge in [-0.25, -0.2) is 9.37 Å². The van der Waals surface area contributed by atoms with Crippen LogP contribution in [0.4, 0.5) is 4.39 Å². The fourth-order valence-electron chi connectivity index (χ4n) is 1.67. The van der Waals surface area contributed by atoms with Gasteiger partial charge in [0.15, 0.2) is 0 Å². The molecule has 0 spiro atoms. The van der Waals surface area contributed by atoms with Crippen molar-refractivity contribution in [3.63, 3.8) is 0 Å². The van der Waals surface area contributed by atoms with Crippen molar-refractivity contribution in [2.24, 2.45) is 0 Å². The van der Waals surface area contributed by atoms with Gasteiger partial charge in [-0.2, -0.15) is 0 Å². The van der Waals surface area contributed by atoms with E-state index < -0.39 is 0 Å². The summed E-state index contributed by atoms with van der Waals surface area (Å²) in [5.74, 6) is 0.228. The summed E-state index contributed by atoms with van der Waals surface area (Å²) in [4.78, 5) is 18.4. The van der Waals surface area contributed by atoms with Gasteiger partial charge < -0.3 is 4.98 Å². The lowest BCUT2D eigenvalue weighted by Gasteiger charge is -2.04. The number of aryl methyl sites for hydroxylation is 1. The van der Waals surface area contributed by atoms with E-state index in [1.165, 1.54) is 12.1 Å². The van der Waals surface area contributed by atoms with Gasteiger partial charge in [0.1, 0.15) is 11.6 Å². The summed E-state index contributed by atoms with van der Waals surface area (Å²) in [5, 5.41) is 0. The molecule has 0 saturated heterocycles. The van der Waals surface area contributed by atoms with Crippen molar-refractivity contribution in [2.75, 3.05) is 0 Å². The van der Waals surface area contributed by atoms with Gasteiger partial charge in [0.2, 0.25) is 0 Å². The van der Waals surface area contributed by atoms with Crippen LogP contribution in [0.1, 0.15) is 19.2 Å². The van der Waals surface area contributed by atoms with Crippen LogP contribution < -0.4 is 5.56 Å². The highest BCUT2D eigenvalue weighted by Gasteiger charge is 2.07. The highest BCUT2D eigenvalue weighted by atomic mass is 19.1. The number of benzene rings is 1. The first kappa shape index (κ1) is 11.5. The predicted molar refractivity (Wildman–Crippen MR) is 64.2 cm³/mol. The van der Waals surface area contributed by atoms with Crippen LogP contribution in [0.5, 0.6) is 0 Å². The molecule has 0 unspecified atom stereocenters. The van der Waals surface area contributed by atoms with Crippen LogP contribution in [0, 0.1) is 5.82 Å². The van der Waals surface area contributed by atoms with E-state index >= 15 is 0 Å². The van der Waals surface area contributed by atoms with Gasteiger partial charge in [0, 0.05) is 18.1 Å². The number of hydrogen-bond acceptors (Lipinski definition) is 2. The van der Waals surface area contributed by atoms with Gasteiger partial charge in [-0.1, -0.05) is 19.1 Å². The maximum Gasteiger partial charge on any atom is 0.251 e. The Labute approximate surface area is 98.3 Å². The number of nitrogens with zero attached hydrogens (tertiary/aromatic N) is 1. The molecular weight excluding hydrogens is 219 g/mol. The monoisotopic (exact) mass is 232 g/mol. The molecule has 1 aromatic carbocycles. The third-order valence-electron chi connectivity index (χ3n) is 2.43. The van der Waals surface area contributed by atoms with Crippen molar-refractivity contribution < 1.29 is 4.39 Å². The van der Waals surface area contributed by atoms with E-state index in [-0.39, 0.29) is 11.4 Å². The molecule has 0 saturated carbocycles. The molecule has 2 rings (SSSR count). The first-order valence-electron chi connectivity index (χ1n) is 5.56. The molecule has 0 bridgehead atoms. The standard InChI is InChI=1S/C13H13FN2O/c1-2-5-12-15-11(8-13(17)16-12)9-6-3-4-7-10(9)14/h3-4,6-8H,2,5H2,1H3,(H,15,16,17). The molecule has 1 heterocycles. The molecule has 1 aromatic heterocycles. The molecule has 4 heteroatoms. The van der Waals surface area contributed by atoms with Crippen molar-refractivity contribution in [3.05, 3.63) is 52.3 Å². The Hall–Kier alpha value is -1.97. The zero-order valence-electron chi connectivity index (χ0n) is 9.53. The third-order valence-corrected chi connectivity index (χ3v) is 2.43. The summed E-state index contributed by atoms with van der Waals surface area (Å²) < 4.78 is 13.6. The van der Waals surface area contributed by atoms with Crippen LogP contribution in [0.15, 0.2) is 35.1 Å². The van der Waals surface area contributed by atoms with E-state index in [4.69, 9.17) is 0 Å². The van der Waals surface area contributed by atoms with Crippen molar-refractivity contribution in [1.82, 2.24) is 9.97 Å². The highest BCUT2D eigenvalue weighted by molar-refractivity contribution is 5.59. The topological polar surface area (TPSA) is 45.8 Å². The van der Waals surface area contributed by atoms with Gasteiger partial charge >= 0.3 is 0 Å². The number of nitrogens with one attached hydrogen (secondary N) is 1. The summed E-state index contributed by atoms with van der Waals surface area (Å²) in [6.07, 6.45) is 1.56. The van der Waals surface area contributed by atoms with Gasteiger partial charge in [0.05, 0.1) is 5.69 Å². The number of halogens is 1. The molecule has 0 atom stereocenters. The minimum absolute atomic E-state index is 0.248. The van der Waals surface area contributed by atoms with Crippen LogP contribution in [0.25, 0.3) is 11.3 Å². The van der Waals surface area contributed by atoms with E-state index in [0.29, 0.717) is 23.5 Å². The third kappa shape index (κ3) is 2.58. The lowest BCUT2D eigenvalue weighted by atomic mass is 10.1. The van der Waals surface area contributed by atoms with Crippen molar-refractivity contribution >= 4 is 0 Å². The van der Waals surface area contributed by atoms with Crippen LogP contribution in [0.2, 0.25) is 0 Å². The highest BCUT2D eigenvalue weighted by Crippen LogP contribution is 2.18. The minimum atomic E-state index is -0.368. The number of aromatic amines is 1. The van der Waals surface area contributed by atoms with Gasteiger partial charge in [-0.05, 0) is 18.6 Å². The molecular formula is C13H13FN2O. The number of hydrogen-bond donors (Lipinski definition) is 1. The van der Waals surface area contributed by atoms with Crippen molar-refractivity contribution in [1.29, 1.82) is 0 Å². The molecule has 0 amide bonds. The van der Waals surface area contributed by atoms with E-state index in [0.717, 1.165) is 6.42 Å². The Morgan fingerprint density at radius 3 is 2.82 bits per heavy atom. The Balaban J connectivity index is 2.52. The van der Waals surface area contributed by atoms with E-state index in [2.05, 4.69) is 9.97 Å². The maximum absolute atomic E-state index is 13.6. The predicted octanol–water partition coefficient (Wildman–Crippen LogP) is 2.53. The molecule has 3 nitrogen and oxygen atoms in total. The SMILES string of the molecule is CCCc1nc(-c2ccccc2F)cc(=O)[nH]1. The lowest BCUT2D eigenvalue weighted by molar-refractivity contribution is 0.630. The normalized spacial score (nSPS) is 10.5. The van der Waals surface area contributed by atoms with Crippen LogP contribution in [-0.4, -0.2) is 9.97 Å². The number of H-pyrrole nitrogens is 1. The fourth-order valence-corrected chi connectivity index (χ4v) is 1.67. The molecule has 17 heavy (non-hydrogen) atoms. The van der Waals surface area contributed by atoms with E-state index in [9.17, 15) is 9.18 Å². The fraction of sp³-hybridized carbons (Fsp3) is 0.231. The second-order valence-electron chi connectivity index (χ2n) is 3.81. The smallest absolute Gasteiger partial charge is 0.251 e. The number of rotatable bonds is 3. The lowest BCUT2D eigenvalue weighted by Crippen LogP contribution is -2.11. The summed E-state index contributed by atoms with van der Waals surface area (Å²) in [5.41, 5.74) is 0.493. The zero-order valence-corrected chi connectivity index (χ0v) is 9.53. The molecule has 88 valence electrons. The first-order chi connectivity index (χ1) is 8.20. The largest absolute Gasteiger partial charge is 0.311 e. The molecule has 0 aliphatic carbocycles. The zero-order chi connectivity index (χ0) is 12.3. The maximum atomic E-state index is 13.6. The summed E-state index contributed by atoms with van der Waals surface area (Å²) in [6, 6.07) is 7.63.